The zero-order valence-electron chi connectivity index (χ0n) is 11.8. The molecule has 1 aromatic carbocycles. The van der Waals surface area contributed by atoms with Gasteiger partial charge in [0.05, 0.1) is 0 Å². The number of hydrogen-bond donors (Lipinski definition) is 2. The molecule has 0 spiro atoms. The van der Waals surface area contributed by atoms with Gasteiger partial charge in [0.2, 0.25) is 5.91 Å². The van der Waals surface area contributed by atoms with Crippen molar-refractivity contribution >= 4 is 23.5 Å². The molecule has 0 saturated heterocycles. The lowest BCUT2D eigenvalue weighted by atomic mass is 9.87. The molecule has 0 bridgehead atoms. The zero-order valence-corrected chi connectivity index (χ0v) is 12.6. The second kappa shape index (κ2) is 7.46. The van der Waals surface area contributed by atoms with Crippen LogP contribution in [0.3, 0.4) is 0 Å². The number of aliphatic carboxylic acids is 1. The van der Waals surface area contributed by atoms with Gasteiger partial charge in [-0.05, 0) is 24.8 Å². The Morgan fingerprint density at radius 2 is 1.90 bits per heavy atom. The van der Waals surface area contributed by atoms with Gasteiger partial charge in [0.15, 0.2) is 6.04 Å². The van der Waals surface area contributed by atoms with Gasteiger partial charge in [-0.2, -0.15) is 0 Å². The summed E-state index contributed by atoms with van der Waals surface area (Å²) in [4.78, 5) is 23.5. The zero-order chi connectivity index (χ0) is 15.2. The summed E-state index contributed by atoms with van der Waals surface area (Å²) in [6.07, 6.45) is 6.05. The molecule has 0 radical (unpaired) electrons. The minimum atomic E-state index is -1.10. The quantitative estimate of drug-likeness (QED) is 0.874. The van der Waals surface area contributed by atoms with E-state index in [1.165, 1.54) is 6.42 Å². The molecular formula is C16H20ClNO3. The first-order chi connectivity index (χ1) is 10.1. The topological polar surface area (TPSA) is 66.4 Å². The van der Waals surface area contributed by atoms with Crippen molar-refractivity contribution in [3.63, 3.8) is 0 Å². The molecular weight excluding hydrogens is 290 g/mol. The lowest BCUT2D eigenvalue weighted by molar-refractivity contribution is -0.142. The first kappa shape index (κ1) is 15.8. The molecule has 1 amide bonds. The minimum Gasteiger partial charge on any atom is -0.479 e. The van der Waals surface area contributed by atoms with Crippen LogP contribution in [-0.2, 0) is 9.59 Å². The molecule has 0 heterocycles. The molecule has 0 unspecified atom stereocenters. The Labute approximate surface area is 129 Å². The van der Waals surface area contributed by atoms with Crippen LogP contribution in [0.1, 0.15) is 50.1 Å². The van der Waals surface area contributed by atoms with Gasteiger partial charge in [0, 0.05) is 17.0 Å². The average molecular weight is 310 g/mol. The van der Waals surface area contributed by atoms with Gasteiger partial charge in [-0.15, -0.1) is 0 Å². The maximum absolute atomic E-state index is 12.1. The molecule has 21 heavy (non-hydrogen) atoms. The van der Waals surface area contributed by atoms with Gasteiger partial charge in [-0.25, -0.2) is 4.79 Å². The molecule has 1 saturated carbocycles. The Balaban J connectivity index is 2.01. The van der Waals surface area contributed by atoms with Crippen LogP contribution in [0.4, 0.5) is 0 Å². The summed E-state index contributed by atoms with van der Waals surface area (Å²) in [5.41, 5.74) is 0.420. The van der Waals surface area contributed by atoms with E-state index in [9.17, 15) is 14.7 Å². The van der Waals surface area contributed by atoms with Crippen LogP contribution in [0.25, 0.3) is 0 Å². The number of hydrogen-bond acceptors (Lipinski definition) is 2. The van der Waals surface area contributed by atoms with Crippen LogP contribution in [-0.4, -0.2) is 17.0 Å². The number of halogens is 1. The summed E-state index contributed by atoms with van der Waals surface area (Å²) in [5.74, 6) is -0.936. The lowest BCUT2D eigenvalue weighted by Gasteiger charge is -2.22. The third-order valence-corrected chi connectivity index (χ3v) is 4.31. The maximum atomic E-state index is 12.1. The Morgan fingerprint density at radius 1 is 1.24 bits per heavy atom. The molecule has 114 valence electrons. The van der Waals surface area contributed by atoms with Crippen molar-refractivity contribution in [3.8, 4) is 0 Å². The summed E-state index contributed by atoms with van der Waals surface area (Å²) in [7, 11) is 0. The van der Waals surface area contributed by atoms with Crippen LogP contribution < -0.4 is 5.32 Å². The van der Waals surface area contributed by atoms with Crippen LogP contribution in [0.15, 0.2) is 24.3 Å². The number of rotatable bonds is 5. The largest absolute Gasteiger partial charge is 0.479 e. The van der Waals surface area contributed by atoms with Crippen molar-refractivity contribution in [1.29, 1.82) is 0 Å². The number of benzene rings is 1. The predicted molar refractivity (Wildman–Crippen MR) is 81.2 cm³/mol. The van der Waals surface area contributed by atoms with Crippen molar-refractivity contribution in [2.45, 2.75) is 44.6 Å². The SMILES string of the molecule is O=C(CC1CCCCC1)N[C@@H](C(=O)O)c1ccccc1Cl. The number of carbonyl (C=O) groups excluding carboxylic acids is 1. The van der Waals surface area contributed by atoms with E-state index in [1.54, 1.807) is 24.3 Å². The van der Waals surface area contributed by atoms with Crippen LogP contribution in [0.5, 0.6) is 0 Å². The Bertz CT molecular complexity index is 512. The number of carboxylic acids is 1. The average Bonchev–Trinajstić information content (AvgIpc) is 2.46. The monoisotopic (exact) mass is 309 g/mol. The van der Waals surface area contributed by atoms with E-state index in [0.717, 1.165) is 25.7 Å². The fourth-order valence-corrected chi connectivity index (χ4v) is 3.10. The summed E-state index contributed by atoms with van der Waals surface area (Å²) in [6.45, 7) is 0. The summed E-state index contributed by atoms with van der Waals surface area (Å²) in [5, 5.41) is 12.3. The first-order valence-electron chi connectivity index (χ1n) is 7.34. The molecule has 5 heteroatoms. The first-order valence-corrected chi connectivity index (χ1v) is 7.72. The third kappa shape index (κ3) is 4.46. The third-order valence-electron chi connectivity index (χ3n) is 3.97. The van der Waals surface area contributed by atoms with Crippen molar-refractivity contribution in [3.05, 3.63) is 34.9 Å². The van der Waals surface area contributed by atoms with Crippen molar-refractivity contribution in [2.24, 2.45) is 5.92 Å². The fraction of sp³-hybridized carbons (Fsp3) is 0.500. The molecule has 1 fully saturated rings. The smallest absolute Gasteiger partial charge is 0.330 e. The Kier molecular flexibility index (Phi) is 5.62. The van der Waals surface area contributed by atoms with E-state index in [-0.39, 0.29) is 5.91 Å². The van der Waals surface area contributed by atoms with Crippen LogP contribution >= 0.6 is 11.6 Å². The van der Waals surface area contributed by atoms with Crippen molar-refractivity contribution in [2.75, 3.05) is 0 Å². The van der Waals surface area contributed by atoms with Gasteiger partial charge in [0.1, 0.15) is 0 Å². The van der Waals surface area contributed by atoms with Crippen molar-refractivity contribution < 1.29 is 14.7 Å². The number of amides is 1. The standard InChI is InChI=1S/C16H20ClNO3/c17-13-9-5-4-8-12(13)15(16(20)21)18-14(19)10-11-6-2-1-3-7-11/h4-5,8-9,11,15H,1-3,6-7,10H2,(H,18,19)(H,20,21)/t15-/m1/s1. The minimum absolute atomic E-state index is 0.214. The summed E-state index contributed by atoms with van der Waals surface area (Å²) in [6, 6.07) is 5.61. The van der Waals surface area contributed by atoms with E-state index < -0.39 is 12.0 Å². The highest BCUT2D eigenvalue weighted by molar-refractivity contribution is 6.31. The molecule has 1 atom stereocenters. The summed E-state index contributed by atoms with van der Waals surface area (Å²) >= 11 is 6.02. The van der Waals surface area contributed by atoms with E-state index >= 15 is 0 Å². The fourth-order valence-electron chi connectivity index (χ4n) is 2.86. The predicted octanol–water partition coefficient (Wildman–Crippen LogP) is 3.55. The van der Waals surface area contributed by atoms with Crippen LogP contribution in [0, 0.1) is 5.92 Å². The van der Waals surface area contributed by atoms with Gasteiger partial charge >= 0.3 is 5.97 Å². The van der Waals surface area contributed by atoms with Gasteiger partial charge < -0.3 is 10.4 Å². The highest BCUT2D eigenvalue weighted by Gasteiger charge is 2.25. The van der Waals surface area contributed by atoms with E-state index in [2.05, 4.69) is 5.32 Å². The van der Waals surface area contributed by atoms with E-state index in [0.29, 0.717) is 22.9 Å². The number of carbonyl (C=O) groups is 2. The van der Waals surface area contributed by atoms with Crippen molar-refractivity contribution in [1.82, 2.24) is 5.32 Å². The molecule has 0 aliphatic heterocycles. The molecule has 0 aromatic heterocycles. The van der Waals surface area contributed by atoms with Gasteiger partial charge in [0.25, 0.3) is 0 Å². The summed E-state index contributed by atoms with van der Waals surface area (Å²) < 4.78 is 0. The van der Waals surface area contributed by atoms with E-state index in [4.69, 9.17) is 11.6 Å². The van der Waals surface area contributed by atoms with E-state index in [1.807, 2.05) is 0 Å². The molecule has 2 rings (SSSR count). The maximum Gasteiger partial charge on any atom is 0.330 e. The second-order valence-electron chi connectivity index (χ2n) is 5.57. The van der Waals surface area contributed by atoms with Crippen LogP contribution in [0.2, 0.25) is 5.02 Å². The second-order valence-corrected chi connectivity index (χ2v) is 5.98. The Hall–Kier alpha value is -1.55. The normalized spacial score (nSPS) is 17.2. The molecule has 1 aromatic rings. The number of carboxylic acid groups (broad SMARTS) is 1. The molecule has 4 nitrogen and oxygen atoms in total. The molecule has 2 N–H and O–H groups in total. The molecule has 1 aliphatic rings. The van der Waals surface area contributed by atoms with Gasteiger partial charge in [-0.3, -0.25) is 4.79 Å². The number of nitrogens with one attached hydrogen (secondary N) is 1. The highest BCUT2D eigenvalue weighted by atomic mass is 35.5. The highest BCUT2D eigenvalue weighted by Crippen LogP contribution is 2.27. The Morgan fingerprint density at radius 3 is 2.52 bits per heavy atom. The lowest BCUT2D eigenvalue weighted by Crippen LogP contribution is -2.35. The van der Waals surface area contributed by atoms with Gasteiger partial charge in [-0.1, -0.05) is 49.1 Å². The molecule has 1 aliphatic carbocycles.